The number of nitrogens with zero attached hydrogens (tertiary/aromatic N) is 1. The molecule has 0 aromatic carbocycles. The molecular formula is C42H85NO8P+. The van der Waals surface area contributed by atoms with Crippen molar-refractivity contribution in [3.05, 3.63) is 12.2 Å². The second-order valence-electron chi connectivity index (χ2n) is 16.1. The third-order valence-corrected chi connectivity index (χ3v) is 10.7. The zero-order valence-electron chi connectivity index (χ0n) is 34.6. The molecule has 0 heterocycles. The second kappa shape index (κ2) is 34.7. The van der Waals surface area contributed by atoms with Crippen molar-refractivity contribution in [2.75, 3.05) is 40.9 Å². The van der Waals surface area contributed by atoms with Crippen molar-refractivity contribution in [1.29, 1.82) is 0 Å². The second-order valence-corrected chi connectivity index (χ2v) is 17.5. The predicted molar refractivity (Wildman–Crippen MR) is 216 cm³/mol. The Hall–Kier alpha value is -0.800. The summed E-state index contributed by atoms with van der Waals surface area (Å²) in [6.07, 6.45) is 32.0. The van der Waals surface area contributed by atoms with Gasteiger partial charge in [-0.3, -0.25) is 13.8 Å². The molecule has 9 nitrogen and oxygen atoms in total. The molecule has 0 aliphatic heterocycles. The molecule has 0 fully saturated rings. The number of carbonyl (C=O) groups is 1. The van der Waals surface area contributed by atoms with Crippen LogP contribution in [0, 0.1) is 0 Å². The van der Waals surface area contributed by atoms with Gasteiger partial charge in [0.25, 0.3) is 0 Å². The molecule has 310 valence electrons. The summed E-state index contributed by atoms with van der Waals surface area (Å²) in [6.45, 7) is 4.30. The molecule has 0 saturated heterocycles. The number of esters is 1. The third-order valence-electron chi connectivity index (χ3n) is 9.70. The summed E-state index contributed by atoms with van der Waals surface area (Å²) in [7, 11) is 1.27. The number of aliphatic hydroxyl groups is 2. The summed E-state index contributed by atoms with van der Waals surface area (Å²) in [4.78, 5) is 23.3. The Balaban J connectivity index is 4.69. The maximum atomic E-state index is 12.9. The molecule has 0 aliphatic carbocycles. The van der Waals surface area contributed by atoms with E-state index >= 15 is 0 Å². The van der Waals surface area contributed by atoms with Crippen LogP contribution >= 0.6 is 7.82 Å². The molecule has 52 heavy (non-hydrogen) atoms. The minimum atomic E-state index is -4.54. The van der Waals surface area contributed by atoms with Crippen molar-refractivity contribution < 1.29 is 42.7 Å². The zero-order valence-corrected chi connectivity index (χ0v) is 35.5. The average Bonchev–Trinajstić information content (AvgIpc) is 3.08. The number of hydrogen-bond acceptors (Lipinski definition) is 7. The van der Waals surface area contributed by atoms with Gasteiger partial charge in [-0.1, -0.05) is 154 Å². The highest BCUT2D eigenvalue weighted by atomic mass is 31.2. The molecular weight excluding hydrogens is 677 g/mol. The maximum Gasteiger partial charge on any atom is 0.472 e. The van der Waals surface area contributed by atoms with Gasteiger partial charge >= 0.3 is 13.8 Å². The van der Waals surface area contributed by atoms with Crippen molar-refractivity contribution in [1.82, 2.24) is 0 Å². The molecule has 3 N–H and O–H groups in total. The fourth-order valence-corrected chi connectivity index (χ4v) is 7.22. The molecule has 0 radical (unpaired) electrons. The molecule has 0 rings (SSSR count). The molecule has 0 aliphatic rings. The van der Waals surface area contributed by atoms with Gasteiger partial charge in [-0.2, -0.15) is 0 Å². The van der Waals surface area contributed by atoms with E-state index in [2.05, 4.69) is 26.0 Å². The van der Waals surface area contributed by atoms with Gasteiger partial charge in [-0.05, 0) is 38.5 Å². The van der Waals surface area contributed by atoms with Crippen LogP contribution in [0.5, 0.6) is 0 Å². The summed E-state index contributed by atoms with van der Waals surface area (Å²) >= 11 is 0. The first-order chi connectivity index (χ1) is 24.9. The Kier molecular flexibility index (Phi) is 34.1. The van der Waals surface area contributed by atoms with Crippen LogP contribution in [0.3, 0.4) is 0 Å². The minimum absolute atomic E-state index is 0.00956. The van der Waals surface area contributed by atoms with E-state index in [1.807, 2.05) is 21.1 Å². The van der Waals surface area contributed by atoms with E-state index in [-0.39, 0.29) is 19.4 Å². The fraction of sp³-hybridized carbons (Fsp3) is 0.929. The van der Waals surface area contributed by atoms with Crippen molar-refractivity contribution in [2.24, 2.45) is 0 Å². The topological polar surface area (TPSA) is 123 Å². The summed E-state index contributed by atoms with van der Waals surface area (Å²) in [6, 6.07) is 0. The van der Waals surface area contributed by atoms with Crippen molar-refractivity contribution in [2.45, 2.75) is 212 Å². The lowest BCUT2D eigenvalue weighted by molar-refractivity contribution is -0.870. The molecule has 0 bridgehead atoms. The van der Waals surface area contributed by atoms with Crippen LogP contribution < -0.4 is 0 Å². The van der Waals surface area contributed by atoms with Crippen molar-refractivity contribution in [3.63, 3.8) is 0 Å². The van der Waals surface area contributed by atoms with Crippen molar-refractivity contribution in [3.8, 4) is 0 Å². The average molecular weight is 763 g/mol. The molecule has 0 spiro atoms. The zero-order chi connectivity index (χ0) is 38.8. The Labute approximate surface area is 320 Å². The number of rotatable bonds is 39. The third kappa shape index (κ3) is 34.9. The van der Waals surface area contributed by atoms with Crippen LogP contribution in [0.15, 0.2) is 12.2 Å². The maximum absolute atomic E-state index is 12.9. The number of quaternary nitrogens is 1. The summed E-state index contributed by atoms with van der Waals surface area (Å²) in [5, 5.41) is 21.0. The van der Waals surface area contributed by atoms with E-state index in [4.69, 9.17) is 13.8 Å². The standard InChI is InChI=1S/C42H84NO8P/c1-6-8-10-12-14-16-18-20-22-23-25-27-29-31-33-39(45)37-40(41(38-44)51-52(47,48)49-36-35-43(3,4)5)50-42(46)34-32-30-28-26-24-21-19-17-15-13-11-9-7-2/h20,22,39-41,44-45H,6-19,21,23-38H2,1-5H3/p+1/t39?,40?,41-/m0/s1. The first-order valence-electron chi connectivity index (χ1n) is 21.5. The Bertz CT molecular complexity index is 881. The lowest BCUT2D eigenvalue weighted by Gasteiger charge is -2.29. The number of phosphoric ester groups is 1. The number of hydrogen-bond donors (Lipinski definition) is 3. The van der Waals surface area contributed by atoms with Crippen LogP contribution in [0.4, 0.5) is 0 Å². The number of carbonyl (C=O) groups excluding carboxylic acids is 1. The number of phosphoric acid groups is 1. The van der Waals surface area contributed by atoms with Gasteiger partial charge in [0.2, 0.25) is 0 Å². The minimum Gasteiger partial charge on any atom is -0.459 e. The predicted octanol–water partition coefficient (Wildman–Crippen LogP) is 11.0. The number of likely N-dealkylation sites (N-methyl/N-ethyl adjacent to an activating group) is 1. The van der Waals surface area contributed by atoms with Gasteiger partial charge < -0.3 is 24.3 Å². The van der Waals surface area contributed by atoms with Gasteiger partial charge in [0, 0.05) is 12.8 Å². The SMILES string of the molecule is CCCCCCCCC=CCCCCCCC(O)CC(OC(=O)CCCCCCCCCCCCCCC)[C@H](CO)OP(=O)(O)OCC[N+](C)(C)C. The van der Waals surface area contributed by atoms with Crippen LogP contribution in [0.2, 0.25) is 0 Å². The molecule has 4 atom stereocenters. The van der Waals surface area contributed by atoms with Crippen LogP contribution in [-0.4, -0.2) is 84.8 Å². The molecule has 0 amide bonds. The summed E-state index contributed by atoms with van der Waals surface area (Å²) < 4.78 is 29.5. The normalized spacial score (nSPS) is 15.2. The summed E-state index contributed by atoms with van der Waals surface area (Å²) in [5.74, 6) is -0.453. The van der Waals surface area contributed by atoms with Gasteiger partial charge in [-0.25, -0.2) is 4.57 Å². The molecule has 10 heteroatoms. The monoisotopic (exact) mass is 763 g/mol. The first-order valence-corrected chi connectivity index (χ1v) is 23.0. The molecule has 0 saturated carbocycles. The molecule has 0 aromatic heterocycles. The Morgan fingerprint density at radius 1 is 0.673 bits per heavy atom. The van der Waals surface area contributed by atoms with E-state index in [0.29, 0.717) is 23.9 Å². The Morgan fingerprint density at radius 3 is 1.58 bits per heavy atom. The quantitative estimate of drug-likeness (QED) is 0.0186. The lowest BCUT2D eigenvalue weighted by atomic mass is 10.0. The van der Waals surface area contributed by atoms with Crippen LogP contribution in [0.1, 0.15) is 194 Å². The largest absolute Gasteiger partial charge is 0.472 e. The lowest BCUT2D eigenvalue weighted by Crippen LogP contribution is -2.39. The fourth-order valence-electron chi connectivity index (χ4n) is 6.30. The highest BCUT2D eigenvalue weighted by Gasteiger charge is 2.35. The van der Waals surface area contributed by atoms with Crippen molar-refractivity contribution >= 4 is 13.8 Å². The van der Waals surface area contributed by atoms with Gasteiger partial charge in [0.15, 0.2) is 0 Å². The van der Waals surface area contributed by atoms with E-state index in [0.717, 1.165) is 57.8 Å². The van der Waals surface area contributed by atoms with E-state index in [9.17, 15) is 24.5 Å². The van der Waals surface area contributed by atoms with Crippen LogP contribution in [-0.2, 0) is 23.1 Å². The van der Waals surface area contributed by atoms with Gasteiger partial charge in [0.05, 0.1) is 33.9 Å². The highest BCUT2D eigenvalue weighted by Crippen LogP contribution is 2.45. The number of unbranched alkanes of at least 4 members (excludes halogenated alkanes) is 22. The van der Waals surface area contributed by atoms with E-state index < -0.39 is 38.7 Å². The smallest absolute Gasteiger partial charge is 0.459 e. The number of aliphatic hydroxyl groups excluding tert-OH is 2. The number of allylic oxidation sites excluding steroid dienone is 2. The van der Waals surface area contributed by atoms with Crippen LogP contribution in [0.25, 0.3) is 0 Å². The summed E-state index contributed by atoms with van der Waals surface area (Å²) in [5.41, 5.74) is 0. The van der Waals surface area contributed by atoms with E-state index in [1.165, 1.54) is 96.3 Å². The Morgan fingerprint density at radius 2 is 1.12 bits per heavy atom. The highest BCUT2D eigenvalue weighted by molar-refractivity contribution is 7.47. The van der Waals surface area contributed by atoms with E-state index in [1.54, 1.807) is 0 Å². The van der Waals surface area contributed by atoms with Gasteiger partial charge in [-0.15, -0.1) is 0 Å². The number of ether oxygens (including phenoxy) is 1. The van der Waals surface area contributed by atoms with Gasteiger partial charge in [0.1, 0.15) is 25.4 Å². The first kappa shape index (κ1) is 51.2. The molecule has 3 unspecified atom stereocenters. The molecule has 0 aromatic rings.